The molecule has 0 fully saturated rings. The molecule has 0 radical (unpaired) electrons. The van der Waals surface area contributed by atoms with Gasteiger partial charge in [-0.15, -0.1) is 0 Å². The van der Waals surface area contributed by atoms with Gasteiger partial charge in [0.05, 0.1) is 19.4 Å². The molecule has 0 bridgehead atoms. The lowest BCUT2D eigenvalue weighted by atomic mass is 10.2. The van der Waals surface area contributed by atoms with Gasteiger partial charge in [0, 0.05) is 10.6 Å². The highest BCUT2D eigenvalue weighted by atomic mass is 35.5. The van der Waals surface area contributed by atoms with Crippen molar-refractivity contribution in [2.24, 2.45) is 0 Å². The van der Waals surface area contributed by atoms with Crippen LogP contribution in [-0.2, 0) is 19.8 Å². The summed E-state index contributed by atoms with van der Waals surface area (Å²) in [6, 6.07) is 4.30. The molecule has 6 heteroatoms. The lowest BCUT2D eigenvalue weighted by molar-refractivity contribution is 0.219. The van der Waals surface area contributed by atoms with Gasteiger partial charge < -0.3 is 9.05 Å². The van der Waals surface area contributed by atoms with Crippen LogP contribution in [0.5, 0.6) is 0 Å². The fourth-order valence-corrected chi connectivity index (χ4v) is 3.47. The van der Waals surface area contributed by atoms with E-state index in [1.54, 1.807) is 19.9 Å². The Morgan fingerprint density at radius 3 is 2.35 bits per heavy atom. The molecule has 0 aliphatic rings. The second kappa shape index (κ2) is 6.50. The molecular weight excluding hydrogens is 266 g/mol. The summed E-state index contributed by atoms with van der Waals surface area (Å²) >= 11 is 5.86. The van der Waals surface area contributed by atoms with Crippen LogP contribution < -0.4 is 0 Å². The Balaban J connectivity index is 2.97. The van der Waals surface area contributed by atoms with E-state index >= 15 is 0 Å². The highest BCUT2D eigenvalue weighted by Gasteiger charge is 2.26. The molecule has 1 aromatic carbocycles. The molecule has 0 heterocycles. The summed E-state index contributed by atoms with van der Waals surface area (Å²) in [5.74, 6) is -0.503. The van der Waals surface area contributed by atoms with Crippen molar-refractivity contribution < 1.29 is 18.0 Å². The Kier molecular flexibility index (Phi) is 5.60. The van der Waals surface area contributed by atoms with E-state index in [4.69, 9.17) is 20.6 Å². The third-order valence-corrected chi connectivity index (χ3v) is 4.43. The van der Waals surface area contributed by atoms with Crippen LogP contribution in [0.2, 0.25) is 5.02 Å². The first-order valence-corrected chi connectivity index (χ1v) is 7.44. The molecule has 0 spiro atoms. The van der Waals surface area contributed by atoms with Crippen molar-refractivity contribution in [1.82, 2.24) is 0 Å². The standard InChI is InChI=1S/C11H15ClFO3P/c1-3-15-17(14,16-4-2)8-9-10(12)6-5-7-11(9)13/h5-7H,3-4,8H2,1-2H3. The number of hydrogen-bond donors (Lipinski definition) is 0. The predicted molar refractivity (Wildman–Crippen MR) is 66.0 cm³/mol. The highest BCUT2D eigenvalue weighted by molar-refractivity contribution is 7.53. The zero-order valence-corrected chi connectivity index (χ0v) is 11.4. The van der Waals surface area contributed by atoms with Crippen molar-refractivity contribution in [2.45, 2.75) is 20.0 Å². The van der Waals surface area contributed by atoms with Crippen molar-refractivity contribution in [1.29, 1.82) is 0 Å². The summed E-state index contributed by atoms with van der Waals surface area (Å²) in [4.78, 5) is 0. The monoisotopic (exact) mass is 280 g/mol. The molecule has 0 amide bonds. The van der Waals surface area contributed by atoms with E-state index in [0.29, 0.717) is 0 Å². The van der Waals surface area contributed by atoms with Crippen LogP contribution in [0.15, 0.2) is 18.2 Å². The third-order valence-electron chi connectivity index (χ3n) is 2.07. The molecular formula is C11H15ClFO3P. The van der Waals surface area contributed by atoms with Crippen LogP contribution in [0.1, 0.15) is 19.4 Å². The quantitative estimate of drug-likeness (QED) is 0.731. The number of hydrogen-bond acceptors (Lipinski definition) is 3. The molecule has 0 saturated heterocycles. The van der Waals surface area contributed by atoms with Gasteiger partial charge >= 0.3 is 7.60 Å². The smallest absolute Gasteiger partial charge is 0.309 e. The molecule has 3 nitrogen and oxygen atoms in total. The van der Waals surface area contributed by atoms with Crippen LogP contribution in [-0.4, -0.2) is 13.2 Å². The second-order valence-electron chi connectivity index (χ2n) is 3.30. The molecule has 0 N–H and O–H groups in total. The van der Waals surface area contributed by atoms with Crippen molar-refractivity contribution in [2.75, 3.05) is 13.2 Å². The van der Waals surface area contributed by atoms with Crippen molar-refractivity contribution in [3.63, 3.8) is 0 Å². The van der Waals surface area contributed by atoms with Crippen molar-refractivity contribution >= 4 is 19.2 Å². The summed E-state index contributed by atoms with van der Waals surface area (Å²) in [6.07, 6.45) is -0.153. The van der Waals surface area contributed by atoms with Gasteiger partial charge in [0.15, 0.2) is 0 Å². The van der Waals surface area contributed by atoms with E-state index in [2.05, 4.69) is 0 Å². The molecule has 1 rings (SSSR count). The van der Waals surface area contributed by atoms with Gasteiger partial charge in [-0.25, -0.2) is 4.39 Å². The summed E-state index contributed by atoms with van der Waals surface area (Å²) < 4.78 is 35.9. The molecule has 0 unspecified atom stereocenters. The molecule has 0 atom stereocenters. The first-order valence-electron chi connectivity index (χ1n) is 5.33. The largest absolute Gasteiger partial charge is 0.335 e. The first kappa shape index (κ1) is 14.7. The highest BCUT2D eigenvalue weighted by Crippen LogP contribution is 2.52. The first-order chi connectivity index (χ1) is 8.02. The SMILES string of the molecule is CCOP(=O)(Cc1c(F)cccc1Cl)OCC. The van der Waals surface area contributed by atoms with Crippen LogP contribution in [0, 0.1) is 5.82 Å². The Morgan fingerprint density at radius 2 is 1.88 bits per heavy atom. The van der Waals surface area contributed by atoms with Gasteiger partial charge in [0.2, 0.25) is 0 Å². The molecule has 1 aromatic rings. The zero-order chi connectivity index (χ0) is 12.9. The second-order valence-corrected chi connectivity index (χ2v) is 5.77. The van der Waals surface area contributed by atoms with E-state index in [1.807, 2.05) is 0 Å². The van der Waals surface area contributed by atoms with Crippen LogP contribution in [0.25, 0.3) is 0 Å². The van der Waals surface area contributed by atoms with E-state index < -0.39 is 13.4 Å². The van der Waals surface area contributed by atoms with Crippen molar-refractivity contribution in [3.8, 4) is 0 Å². The van der Waals surface area contributed by atoms with Gasteiger partial charge in [-0.1, -0.05) is 17.7 Å². The van der Waals surface area contributed by atoms with Crippen LogP contribution in [0.3, 0.4) is 0 Å². The summed E-state index contributed by atoms with van der Waals surface area (Å²) in [6.45, 7) is 3.88. The fraction of sp³-hybridized carbons (Fsp3) is 0.455. The lowest BCUT2D eigenvalue weighted by Crippen LogP contribution is -2.01. The normalized spacial score (nSPS) is 11.8. The van der Waals surface area contributed by atoms with E-state index in [0.717, 1.165) is 0 Å². The minimum absolute atomic E-state index is 0.153. The molecule has 0 aliphatic heterocycles. The van der Waals surface area contributed by atoms with Gasteiger partial charge in [-0.05, 0) is 26.0 Å². The van der Waals surface area contributed by atoms with Crippen molar-refractivity contribution in [3.05, 3.63) is 34.6 Å². The molecule has 0 aromatic heterocycles. The fourth-order valence-electron chi connectivity index (χ4n) is 1.40. The van der Waals surface area contributed by atoms with Gasteiger partial charge in [-0.2, -0.15) is 0 Å². The zero-order valence-electron chi connectivity index (χ0n) is 9.78. The average Bonchev–Trinajstić information content (AvgIpc) is 2.24. The molecule has 0 saturated carbocycles. The lowest BCUT2D eigenvalue weighted by Gasteiger charge is -2.17. The topological polar surface area (TPSA) is 35.5 Å². The number of halogens is 2. The van der Waals surface area contributed by atoms with Crippen LogP contribution in [0.4, 0.5) is 4.39 Å². The Morgan fingerprint density at radius 1 is 1.29 bits per heavy atom. The van der Waals surface area contributed by atoms with E-state index in [9.17, 15) is 8.96 Å². The maximum Gasteiger partial charge on any atom is 0.335 e. The summed E-state index contributed by atoms with van der Waals surface area (Å²) in [5.41, 5.74) is 0.166. The van der Waals surface area contributed by atoms with Gasteiger partial charge in [0.25, 0.3) is 0 Å². The third kappa shape index (κ3) is 4.07. The average molecular weight is 281 g/mol. The predicted octanol–water partition coefficient (Wildman–Crippen LogP) is 4.25. The molecule has 0 aliphatic carbocycles. The molecule has 17 heavy (non-hydrogen) atoms. The Hall–Kier alpha value is -0.410. The summed E-state index contributed by atoms with van der Waals surface area (Å²) in [7, 11) is -3.32. The maximum absolute atomic E-state index is 13.5. The molecule has 96 valence electrons. The number of rotatable bonds is 6. The number of benzene rings is 1. The van der Waals surface area contributed by atoms with E-state index in [1.165, 1.54) is 12.1 Å². The van der Waals surface area contributed by atoms with E-state index in [-0.39, 0.29) is 30.0 Å². The van der Waals surface area contributed by atoms with Crippen LogP contribution >= 0.6 is 19.2 Å². The minimum atomic E-state index is -3.32. The minimum Gasteiger partial charge on any atom is -0.309 e. The Bertz CT molecular complexity index is 395. The Labute approximate surface area is 105 Å². The summed E-state index contributed by atoms with van der Waals surface area (Å²) in [5, 5.41) is 0.227. The maximum atomic E-state index is 13.5. The van der Waals surface area contributed by atoms with Gasteiger partial charge in [0.1, 0.15) is 5.82 Å². The van der Waals surface area contributed by atoms with Gasteiger partial charge in [-0.3, -0.25) is 4.57 Å².